The molecule has 17 heavy (non-hydrogen) atoms. The summed E-state index contributed by atoms with van der Waals surface area (Å²) >= 11 is 0. The van der Waals surface area contributed by atoms with Gasteiger partial charge in [-0.25, -0.2) is 12.8 Å². The van der Waals surface area contributed by atoms with Crippen LogP contribution in [-0.4, -0.2) is 36.5 Å². The highest BCUT2D eigenvalue weighted by atomic mass is 32.2. The minimum atomic E-state index is -3.69. The van der Waals surface area contributed by atoms with E-state index in [1.54, 1.807) is 13.8 Å². The topological polar surface area (TPSA) is 57.6 Å². The summed E-state index contributed by atoms with van der Waals surface area (Å²) in [6, 6.07) is 3.67. The number of sulfonamides is 1. The Bertz CT molecular complexity index is 546. The molecule has 0 atom stereocenters. The first kappa shape index (κ1) is 12.5. The van der Waals surface area contributed by atoms with Gasteiger partial charge in [0.2, 0.25) is 10.0 Å². The second kappa shape index (κ2) is 3.76. The summed E-state index contributed by atoms with van der Waals surface area (Å²) in [4.78, 5) is -0.0343. The SMILES string of the molecule is Cc1ccc(F)cc1S(=O)(=O)N1CC(C)(O)C1. The van der Waals surface area contributed by atoms with E-state index in [0.717, 1.165) is 10.4 Å². The lowest BCUT2D eigenvalue weighted by Crippen LogP contribution is -2.61. The molecule has 1 aliphatic rings. The summed E-state index contributed by atoms with van der Waals surface area (Å²) < 4.78 is 38.5. The molecule has 6 heteroatoms. The minimum Gasteiger partial charge on any atom is -0.387 e. The monoisotopic (exact) mass is 259 g/mol. The molecule has 1 N–H and O–H groups in total. The van der Waals surface area contributed by atoms with Crippen LogP contribution in [0, 0.1) is 12.7 Å². The van der Waals surface area contributed by atoms with E-state index < -0.39 is 21.4 Å². The molecule has 1 aromatic rings. The molecule has 0 bridgehead atoms. The summed E-state index contributed by atoms with van der Waals surface area (Å²) in [5, 5.41) is 9.54. The Kier molecular flexibility index (Phi) is 2.76. The zero-order valence-electron chi connectivity index (χ0n) is 9.64. The van der Waals surface area contributed by atoms with E-state index in [1.165, 1.54) is 12.1 Å². The Morgan fingerprint density at radius 2 is 2.00 bits per heavy atom. The standard InChI is InChI=1S/C11H14FNO3S/c1-8-3-4-9(12)5-10(8)17(15,16)13-6-11(2,14)7-13/h3-5,14H,6-7H2,1-2H3. The number of rotatable bonds is 2. The van der Waals surface area contributed by atoms with E-state index in [4.69, 9.17) is 0 Å². The van der Waals surface area contributed by atoms with Crippen LogP contribution in [0.1, 0.15) is 12.5 Å². The van der Waals surface area contributed by atoms with Crippen molar-refractivity contribution in [3.8, 4) is 0 Å². The van der Waals surface area contributed by atoms with Gasteiger partial charge in [-0.1, -0.05) is 6.07 Å². The number of hydrogen-bond acceptors (Lipinski definition) is 3. The van der Waals surface area contributed by atoms with Crippen molar-refractivity contribution in [2.45, 2.75) is 24.3 Å². The minimum absolute atomic E-state index is 0.0343. The third kappa shape index (κ3) is 2.20. The van der Waals surface area contributed by atoms with Gasteiger partial charge in [-0.15, -0.1) is 0 Å². The van der Waals surface area contributed by atoms with Gasteiger partial charge in [0, 0.05) is 13.1 Å². The predicted molar refractivity (Wildman–Crippen MR) is 60.5 cm³/mol. The van der Waals surface area contributed by atoms with Crippen molar-refractivity contribution in [1.82, 2.24) is 4.31 Å². The summed E-state index contributed by atoms with van der Waals surface area (Å²) in [5.41, 5.74) is -0.480. The van der Waals surface area contributed by atoms with Gasteiger partial charge in [-0.2, -0.15) is 4.31 Å². The van der Waals surface area contributed by atoms with E-state index in [0.29, 0.717) is 5.56 Å². The lowest BCUT2D eigenvalue weighted by molar-refractivity contribution is -0.0426. The van der Waals surface area contributed by atoms with Crippen LogP contribution in [0.2, 0.25) is 0 Å². The largest absolute Gasteiger partial charge is 0.387 e. The van der Waals surface area contributed by atoms with Crippen molar-refractivity contribution in [3.05, 3.63) is 29.6 Å². The molecule has 0 saturated carbocycles. The fourth-order valence-electron chi connectivity index (χ4n) is 1.87. The van der Waals surface area contributed by atoms with E-state index >= 15 is 0 Å². The molecule has 0 spiro atoms. The summed E-state index contributed by atoms with van der Waals surface area (Å²) in [6.45, 7) is 3.28. The normalized spacial score (nSPS) is 20.0. The van der Waals surface area contributed by atoms with Crippen molar-refractivity contribution in [1.29, 1.82) is 0 Å². The van der Waals surface area contributed by atoms with Crippen LogP contribution in [0.3, 0.4) is 0 Å². The van der Waals surface area contributed by atoms with Crippen molar-refractivity contribution in [2.75, 3.05) is 13.1 Å². The molecule has 0 amide bonds. The maximum Gasteiger partial charge on any atom is 0.243 e. The summed E-state index contributed by atoms with van der Waals surface area (Å²) in [5.74, 6) is -0.582. The first-order valence-electron chi connectivity index (χ1n) is 5.21. The van der Waals surface area contributed by atoms with Gasteiger partial charge < -0.3 is 5.11 Å². The van der Waals surface area contributed by atoms with Crippen LogP contribution in [-0.2, 0) is 10.0 Å². The lowest BCUT2D eigenvalue weighted by Gasteiger charge is -2.43. The molecular formula is C11H14FNO3S. The molecule has 2 rings (SSSR count). The van der Waals surface area contributed by atoms with Gasteiger partial charge in [-0.05, 0) is 31.5 Å². The fraction of sp³-hybridized carbons (Fsp3) is 0.455. The van der Waals surface area contributed by atoms with E-state index in [9.17, 15) is 17.9 Å². The molecule has 1 fully saturated rings. The molecule has 1 heterocycles. The van der Waals surface area contributed by atoms with Crippen molar-refractivity contribution < 1.29 is 17.9 Å². The van der Waals surface area contributed by atoms with Gasteiger partial charge in [-0.3, -0.25) is 0 Å². The highest BCUT2D eigenvalue weighted by Gasteiger charge is 2.44. The summed E-state index contributed by atoms with van der Waals surface area (Å²) in [7, 11) is -3.69. The van der Waals surface area contributed by atoms with Crippen LogP contribution in [0.4, 0.5) is 4.39 Å². The Balaban J connectivity index is 2.36. The molecule has 1 saturated heterocycles. The number of aryl methyl sites for hydroxylation is 1. The number of nitrogens with zero attached hydrogens (tertiary/aromatic N) is 1. The number of benzene rings is 1. The predicted octanol–water partition coefficient (Wildman–Crippen LogP) is 0.889. The number of hydrogen-bond donors (Lipinski definition) is 1. The molecule has 0 aromatic heterocycles. The fourth-order valence-corrected chi connectivity index (χ4v) is 3.79. The number of aliphatic hydroxyl groups is 1. The van der Waals surface area contributed by atoms with Crippen LogP contribution < -0.4 is 0 Å². The zero-order valence-corrected chi connectivity index (χ0v) is 10.5. The third-order valence-corrected chi connectivity index (χ3v) is 4.74. The van der Waals surface area contributed by atoms with Crippen molar-refractivity contribution >= 4 is 10.0 Å². The Hall–Kier alpha value is -0.980. The number of β-amino-alcohol motifs (C(OH)–C–C–N with tert-alkyl or cyclic N) is 1. The molecule has 0 aliphatic carbocycles. The maximum absolute atomic E-state index is 13.1. The van der Waals surface area contributed by atoms with E-state index in [1.807, 2.05) is 0 Å². The average Bonchev–Trinajstić information content (AvgIpc) is 2.18. The number of halogens is 1. The second-order valence-electron chi connectivity index (χ2n) is 4.68. The van der Waals surface area contributed by atoms with Gasteiger partial charge in [0.15, 0.2) is 0 Å². The van der Waals surface area contributed by atoms with Gasteiger partial charge in [0.1, 0.15) is 5.82 Å². The first-order chi connectivity index (χ1) is 7.72. The Labute approximate surface area is 99.7 Å². The first-order valence-corrected chi connectivity index (χ1v) is 6.65. The molecule has 1 aromatic carbocycles. The molecule has 94 valence electrons. The zero-order chi connectivity index (χ0) is 12.8. The van der Waals surface area contributed by atoms with Gasteiger partial charge in [0.05, 0.1) is 10.5 Å². The maximum atomic E-state index is 13.1. The molecule has 0 unspecified atom stereocenters. The Morgan fingerprint density at radius 1 is 1.41 bits per heavy atom. The highest BCUT2D eigenvalue weighted by Crippen LogP contribution is 2.29. The quantitative estimate of drug-likeness (QED) is 0.858. The Morgan fingerprint density at radius 3 is 2.53 bits per heavy atom. The lowest BCUT2D eigenvalue weighted by atomic mass is 10.0. The van der Waals surface area contributed by atoms with Crippen molar-refractivity contribution in [3.63, 3.8) is 0 Å². The molecule has 0 radical (unpaired) electrons. The van der Waals surface area contributed by atoms with E-state index in [-0.39, 0.29) is 18.0 Å². The van der Waals surface area contributed by atoms with E-state index in [2.05, 4.69) is 0 Å². The second-order valence-corrected chi connectivity index (χ2v) is 6.59. The molecule has 4 nitrogen and oxygen atoms in total. The van der Waals surface area contributed by atoms with Crippen LogP contribution in [0.5, 0.6) is 0 Å². The van der Waals surface area contributed by atoms with Crippen LogP contribution in [0.15, 0.2) is 23.1 Å². The van der Waals surface area contributed by atoms with Crippen LogP contribution in [0.25, 0.3) is 0 Å². The smallest absolute Gasteiger partial charge is 0.243 e. The molecular weight excluding hydrogens is 245 g/mol. The third-order valence-electron chi connectivity index (χ3n) is 2.80. The van der Waals surface area contributed by atoms with Crippen molar-refractivity contribution in [2.24, 2.45) is 0 Å². The van der Waals surface area contributed by atoms with Crippen LogP contribution >= 0.6 is 0 Å². The summed E-state index contributed by atoms with van der Waals surface area (Å²) in [6.07, 6.45) is 0. The van der Waals surface area contributed by atoms with Gasteiger partial charge in [0.25, 0.3) is 0 Å². The molecule has 1 aliphatic heterocycles. The van der Waals surface area contributed by atoms with Gasteiger partial charge >= 0.3 is 0 Å². The highest BCUT2D eigenvalue weighted by molar-refractivity contribution is 7.89. The average molecular weight is 259 g/mol.